The van der Waals surface area contributed by atoms with Crippen LogP contribution in [-0.4, -0.2) is 47.8 Å². The Morgan fingerprint density at radius 2 is 2.04 bits per heavy atom. The van der Waals surface area contributed by atoms with Gasteiger partial charge in [0.05, 0.1) is 22.6 Å². The van der Waals surface area contributed by atoms with E-state index in [0.717, 1.165) is 36.7 Å². The number of halogens is 3. The Bertz CT molecular complexity index is 718. The Morgan fingerprint density at radius 1 is 1.33 bits per heavy atom. The van der Waals surface area contributed by atoms with Crippen LogP contribution in [0.25, 0.3) is 0 Å². The zero-order valence-electron chi connectivity index (χ0n) is 14.8. The lowest BCUT2D eigenvalue weighted by Gasteiger charge is -2.33. The normalized spacial score (nSPS) is 21.0. The fourth-order valence-electron chi connectivity index (χ4n) is 3.26. The molecule has 2 amide bonds. The van der Waals surface area contributed by atoms with E-state index in [1.54, 1.807) is 4.90 Å². The summed E-state index contributed by atoms with van der Waals surface area (Å²) in [7, 11) is 0. The molecule has 0 aromatic heterocycles. The maximum atomic E-state index is 12.8. The molecule has 1 atom stereocenters. The molecular formula is C18H21F3N2O3S. The van der Waals surface area contributed by atoms with Gasteiger partial charge in [-0.15, -0.1) is 11.8 Å². The smallest absolute Gasteiger partial charge is 0.378 e. The van der Waals surface area contributed by atoms with Crippen LogP contribution in [-0.2, 0) is 20.5 Å². The van der Waals surface area contributed by atoms with Crippen LogP contribution in [0, 0.1) is 0 Å². The Hall–Kier alpha value is -1.74. The number of nitrogens with one attached hydrogen (secondary N) is 1. The third-order valence-corrected chi connectivity index (χ3v) is 5.96. The number of anilines is 1. The highest BCUT2D eigenvalue weighted by Crippen LogP contribution is 2.40. The van der Waals surface area contributed by atoms with Gasteiger partial charge in [-0.05, 0) is 38.0 Å². The summed E-state index contributed by atoms with van der Waals surface area (Å²) in [5.41, 5.74) is -0.671. The van der Waals surface area contributed by atoms with Gasteiger partial charge in [-0.3, -0.25) is 9.59 Å². The molecule has 1 saturated heterocycles. The van der Waals surface area contributed by atoms with Gasteiger partial charge < -0.3 is 15.0 Å². The van der Waals surface area contributed by atoms with E-state index in [9.17, 15) is 22.8 Å². The largest absolute Gasteiger partial charge is 0.416 e. The van der Waals surface area contributed by atoms with E-state index in [2.05, 4.69) is 5.32 Å². The monoisotopic (exact) mass is 402 g/mol. The Morgan fingerprint density at radius 3 is 2.67 bits per heavy atom. The molecule has 148 valence electrons. The lowest BCUT2D eigenvalue weighted by atomic mass is 10.1. The number of rotatable bonds is 4. The SMILES string of the molecule is CCOC1CCN(C(=O)C[C@@H]2Sc3ccc(C(F)(F)F)cc3NC2=O)CC1. The van der Waals surface area contributed by atoms with Crippen LogP contribution in [0.1, 0.15) is 31.7 Å². The highest BCUT2D eigenvalue weighted by Gasteiger charge is 2.35. The van der Waals surface area contributed by atoms with Crippen molar-refractivity contribution in [1.82, 2.24) is 4.90 Å². The van der Waals surface area contributed by atoms with Crippen LogP contribution in [0.4, 0.5) is 18.9 Å². The van der Waals surface area contributed by atoms with Crippen LogP contribution >= 0.6 is 11.8 Å². The number of piperidine rings is 1. The van der Waals surface area contributed by atoms with E-state index in [0.29, 0.717) is 24.6 Å². The predicted molar refractivity (Wildman–Crippen MR) is 95.6 cm³/mol. The van der Waals surface area contributed by atoms with Crippen molar-refractivity contribution in [2.45, 2.75) is 48.6 Å². The fourth-order valence-corrected chi connectivity index (χ4v) is 4.34. The lowest BCUT2D eigenvalue weighted by molar-refractivity contribution is -0.137. The molecule has 9 heteroatoms. The standard InChI is InChI=1S/C18H21F3N2O3S/c1-2-26-12-5-7-23(8-6-12)16(24)10-15-17(25)22-13-9-11(18(19,20)21)3-4-14(13)27-15/h3-4,9,12,15H,2,5-8,10H2,1H3,(H,22,25)/t15-/m0/s1. The van der Waals surface area contributed by atoms with Crippen molar-refractivity contribution >= 4 is 29.3 Å². The van der Waals surface area contributed by atoms with Crippen LogP contribution in [0.3, 0.4) is 0 Å². The first kappa shape index (κ1) is 20.0. The topological polar surface area (TPSA) is 58.6 Å². The number of carbonyl (C=O) groups excluding carboxylic acids is 2. The molecule has 3 rings (SSSR count). The number of carbonyl (C=O) groups is 2. The summed E-state index contributed by atoms with van der Waals surface area (Å²) in [5.74, 6) is -0.558. The summed E-state index contributed by atoms with van der Waals surface area (Å²) in [6.45, 7) is 3.76. The molecule has 1 N–H and O–H groups in total. The third kappa shape index (κ3) is 4.76. The third-order valence-electron chi connectivity index (χ3n) is 4.68. The number of benzene rings is 1. The highest BCUT2D eigenvalue weighted by atomic mass is 32.2. The lowest BCUT2D eigenvalue weighted by Crippen LogP contribution is -2.43. The summed E-state index contributed by atoms with van der Waals surface area (Å²) in [4.78, 5) is 27.1. The quantitative estimate of drug-likeness (QED) is 0.837. The zero-order chi connectivity index (χ0) is 19.6. The summed E-state index contributed by atoms with van der Waals surface area (Å²) < 4.78 is 44.0. The number of amides is 2. The van der Waals surface area contributed by atoms with Gasteiger partial charge in [0.2, 0.25) is 11.8 Å². The second-order valence-electron chi connectivity index (χ2n) is 6.54. The van der Waals surface area contributed by atoms with Gasteiger partial charge in [0, 0.05) is 31.0 Å². The Labute approximate surface area is 159 Å². The predicted octanol–water partition coefficient (Wildman–Crippen LogP) is 3.54. The van der Waals surface area contributed by atoms with Crippen molar-refractivity contribution in [2.75, 3.05) is 25.0 Å². The van der Waals surface area contributed by atoms with Crippen LogP contribution in [0.2, 0.25) is 0 Å². The van der Waals surface area contributed by atoms with E-state index in [1.807, 2.05) is 6.92 Å². The van der Waals surface area contributed by atoms with Crippen molar-refractivity contribution in [3.05, 3.63) is 23.8 Å². The molecule has 0 bridgehead atoms. The zero-order valence-corrected chi connectivity index (χ0v) is 15.7. The van der Waals surface area contributed by atoms with Gasteiger partial charge in [-0.1, -0.05) is 0 Å². The minimum atomic E-state index is -4.47. The molecule has 1 aromatic rings. The fraction of sp³-hybridized carbons (Fsp3) is 0.556. The first-order valence-electron chi connectivity index (χ1n) is 8.86. The number of hydrogen-bond donors (Lipinski definition) is 1. The number of fused-ring (bicyclic) bond motifs is 1. The van der Waals surface area contributed by atoms with Gasteiger partial charge >= 0.3 is 6.18 Å². The molecule has 2 heterocycles. The molecule has 2 aliphatic heterocycles. The summed E-state index contributed by atoms with van der Waals surface area (Å²) in [6.07, 6.45) is -2.73. The van der Waals surface area contributed by atoms with Crippen molar-refractivity contribution in [2.24, 2.45) is 0 Å². The first-order chi connectivity index (χ1) is 12.8. The van der Waals surface area contributed by atoms with E-state index in [1.165, 1.54) is 6.07 Å². The molecule has 2 aliphatic rings. The van der Waals surface area contributed by atoms with Crippen LogP contribution in [0.15, 0.2) is 23.1 Å². The minimum absolute atomic E-state index is 0.0241. The molecule has 0 aliphatic carbocycles. The Kier molecular flexibility index (Phi) is 6.00. The molecule has 27 heavy (non-hydrogen) atoms. The van der Waals surface area contributed by atoms with Crippen LogP contribution in [0.5, 0.6) is 0 Å². The molecule has 0 radical (unpaired) electrons. The molecule has 0 unspecified atom stereocenters. The molecule has 1 fully saturated rings. The molecule has 0 saturated carbocycles. The molecule has 1 aromatic carbocycles. The van der Waals surface area contributed by atoms with Gasteiger partial charge in [0.1, 0.15) is 0 Å². The molecular weight excluding hydrogens is 381 g/mol. The van der Waals surface area contributed by atoms with E-state index in [-0.39, 0.29) is 24.1 Å². The number of nitrogens with zero attached hydrogens (tertiary/aromatic N) is 1. The summed E-state index contributed by atoms with van der Waals surface area (Å²) >= 11 is 1.13. The molecule has 0 spiro atoms. The second-order valence-corrected chi connectivity index (χ2v) is 7.79. The summed E-state index contributed by atoms with van der Waals surface area (Å²) in [5, 5.41) is 1.86. The van der Waals surface area contributed by atoms with Crippen molar-refractivity contribution in [3.8, 4) is 0 Å². The number of thioether (sulfide) groups is 1. The van der Waals surface area contributed by atoms with Gasteiger partial charge in [0.15, 0.2) is 0 Å². The number of alkyl halides is 3. The van der Waals surface area contributed by atoms with Gasteiger partial charge in [-0.25, -0.2) is 0 Å². The first-order valence-corrected chi connectivity index (χ1v) is 9.74. The minimum Gasteiger partial charge on any atom is -0.378 e. The average molecular weight is 402 g/mol. The summed E-state index contributed by atoms with van der Waals surface area (Å²) in [6, 6.07) is 3.25. The second kappa shape index (κ2) is 8.10. The van der Waals surface area contributed by atoms with E-state index in [4.69, 9.17) is 4.74 Å². The van der Waals surface area contributed by atoms with E-state index < -0.39 is 22.9 Å². The van der Waals surface area contributed by atoms with Crippen molar-refractivity contribution in [1.29, 1.82) is 0 Å². The van der Waals surface area contributed by atoms with Gasteiger partial charge in [-0.2, -0.15) is 13.2 Å². The maximum absolute atomic E-state index is 12.8. The Balaban J connectivity index is 1.61. The maximum Gasteiger partial charge on any atom is 0.416 e. The van der Waals surface area contributed by atoms with Crippen molar-refractivity contribution < 1.29 is 27.5 Å². The number of hydrogen-bond acceptors (Lipinski definition) is 4. The van der Waals surface area contributed by atoms with Crippen molar-refractivity contribution in [3.63, 3.8) is 0 Å². The van der Waals surface area contributed by atoms with E-state index >= 15 is 0 Å². The number of ether oxygens (including phenoxy) is 1. The van der Waals surface area contributed by atoms with Gasteiger partial charge in [0.25, 0.3) is 0 Å². The highest BCUT2D eigenvalue weighted by molar-refractivity contribution is 8.01. The number of likely N-dealkylation sites (tertiary alicyclic amines) is 1. The van der Waals surface area contributed by atoms with Crippen LogP contribution < -0.4 is 5.32 Å². The average Bonchev–Trinajstić information content (AvgIpc) is 2.62. The molecule has 5 nitrogen and oxygen atoms in total.